The van der Waals surface area contributed by atoms with Gasteiger partial charge in [-0.25, -0.2) is 14.8 Å². The first kappa shape index (κ1) is 27.9. The number of hydrogen-bond acceptors (Lipinski definition) is 11. The van der Waals surface area contributed by atoms with Crippen molar-refractivity contribution in [3.05, 3.63) is 40.7 Å². The number of rotatable bonds is 8. The summed E-state index contributed by atoms with van der Waals surface area (Å²) < 4.78 is 9.90. The second-order valence-electron chi connectivity index (χ2n) is 9.26. The molecule has 0 bridgehead atoms. The van der Waals surface area contributed by atoms with Gasteiger partial charge in [-0.3, -0.25) is 19.9 Å². The predicted octanol–water partition coefficient (Wildman–Crippen LogP) is 0.989. The summed E-state index contributed by atoms with van der Waals surface area (Å²) in [7, 11) is 2.91. The molecule has 3 heterocycles. The molecule has 1 saturated heterocycles. The van der Waals surface area contributed by atoms with E-state index in [-0.39, 0.29) is 40.5 Å². The molecule has 2 aliphatic heterocycles. The van der Waals surface area contributed by atoms with Crippen molar-refractivity contribution in [3.63, 3.8) is 0 Å². The van der Waals surface area contributed by atoms with Crippen LogP contribution in [-0.2, 0) is 20.7 Å². The first-order valence-corrected chi connectivity index (χ1v) is 12.8. The minimum Gasteiger partial charge on any atom is -0.482 e. The van der Waals surface area contributed by atoms with Crippen molar-refractivity contribution in [2.24, 2.45) is 4.99 Å². The number of amides is 2. The molecular weight excluding hydrogens is 528 g/mol. The smallest absolute Gasteiger partial charge is 0.343 e. The third-order valence-corrected chi connectivity index (χ3v) is 6.97. The summed E-state index contributed by atoms with van der Waals surface area (Å²) in [5, 5.41) is 8.78. The van der Waals surface area contributed by atoms with Crippen LogP contribution in [0.5, 0.6) is 5.75 Å². The van der Waals surface area contributed by atoms with E-state index in [1.165, 1.54) is 7.11 Å². The van der Waals surface area contributed by atoms with Crippen molar-refractivity contribution in [1.29, 1.82) is 0 Å². The highest BCUT2D eigenvalue weighted by molar-refractivity contribution is 6.31. The molecule has 208 valence electrons. The molecule has 1 aromatic heterocycles. The standard InChI is InChI=1S/C25H31ClN8O5/c1-28-22-19(30-20(26)21(27)31-22)23(37)32-24-29-14-25(33-24)9-11-34(12-10-25)17(35)8-5-15-3-6-16(7-4-15)39-13-18(36)38-2/h3-4,6-7H,5,8-14H2,1-2H3,(H3,27,28,31)(H2,29,32,33,37). The molecule has 4 rings (SSSR count). The summed E-state index contributed by atoms with van der Waals surface area (Å²) in [6.45, 7) is 1.52. The summed E-state index contributed by atoms with van der Waals surface area (Å²) in [6.07, 6.45) is 2.38. The number of halogens is 1. The Morgan fingerprint density at radius 1 is 1.18 bits per heavy atom. The molecule has 0 unspecified atom stereocenters. The Morgan fingerprint density at radius 2 is 1.90 bits per heavy atom. The van der Waals surface area contributed by atoms with E-state index in [1.54, 1.807) is 19.2 Å². The van der Waals surface area contributed by atoms with Gasteiger partial charge in [0.15, 0.2) is 35.0 Å². The normalized spacial score (nSPS) is 15.8. The number of nitrogens with two attached hydrogens (primary N) is 1. The number of nitrogen functional groups attached to an aromatic ring is 1. The van der Waals surface area contributed by atoms with Crippen molar-refractivity contribution in [1.82, 2.24) is 25.5 Å². The number of nitrogens with zero attached hydrogens (tertiary/aromatic N) is 4. The SMILES string of the molecule is CNc1nc(N)c(Cl)nc1C(=O)NC1=NCC2(CCN(C(=O)CCc3ccc(OCC(=O)OC)cc3)CC2)N1. The molecule has 13 nitrogen and oxygen atoms in total. The van der Waals surface area contributed by atoms with Gasteiger partial charge < -0.3 is 30.7 Å². The van der Waals surface area contributed by atoms with Crippen LogP contribution >= 0.6 is 11.6 Å². The molecule has 1 aromatic carbocycles. The highest BCUT2D eigenvalue weighted by Gasteiger charge is 2.40. The van der Waals surface area contributed by atoms with Crippen LogP contribution in [0.4, 0.5) is 11.6 Å². The van der Waals surface area contributed by atoms with Crippen molar-refractivity contribution in [3.8, 4) is 5.75 Å². The minimum atomic E-state index is -0.521. The lowest BCUT2D eigenvalue weighted by atomic mass is 9.88. The molecule has 2 amide bonds. The molecule has 39 heavy (non-hydrogen) atoms. The molecule has 1 spiro atoms. The Bertz CT molecular complexity index is 1260. The number of nitrogens with one attached hydrogen (secondary N) is 3. The first-order valence-electron chi connectivity index (χ1n) is 12.4. The molecule has 0 saturated carbocycles. The molecule has 2 aromatic rings. The molecule has 1 fully saturated rings. The van der Waals surface area contributed by atoms with Crippen LogP contribution in [0.15, 0.2) is 29.3 Å². The Labute approximate surface area is 230 Å². The number of methoxy groups -OCH3 is 1. The van der Waals surface area contributed by atoms with Crippen molar-refractivity contribution in [2.45, 2.75) is 31.2 Å². The fourth-order valence-electron chi connectivity index (χ4n) is 4.39. The van der Waals surface area contributed by atoms with E-state index in [2.05, 4.69) is 35.6 Å². The number of ether oxygens (including phenoxy) is 2. The van der Waals surface area contributed by atoms with Gasteiger partial charge in [-0.05, 0) is 37.0 Å². The van der Waals surface area contributed by atoms with Crippen LogP contribution in [0.1, 0.15) is 35.3 Å². The van der Waals surface area contributed by atoms with E-state index in [1.807, 2.05) is 17.0 Å². The van der Waals surface area contributed by atoms with E-state index in [0.717, 1.165) is 5.56 Å². The summed E-state index contributed by atoms with van der Waals surface area (Å²) in [6, 6.07) is 7.29. The first-order chi connectivity index (χ1) is 18.7. The number of carbonyl (C=O) groups excluding carboxylic acids is 3. The van der Waals surface area contributed by atoms with Crippen LogP contribution in [0, 0.1) is 0 Å². The molecule has 0 aliphatic carbocycles. The fourth-order valence-corrected chi connectivity index (χ4v) is 4.52. The zero-order valence-corrected chi connectivity index (χ0v) is 22.5. The maximum Gasteiger partial charge on any atom is 0.343 e. The van der Waals surface area contributed by atoms with Crippen molar-refractivity contribution >= 4 is 47.0 Å². The van der Waals surface area contributed by atoms with E-state index in [0.29, 0.717) is 57.0 Å². The largest absolute Gasteiger partial charge is 0.482 e. The number of hydrogen-bond donors (Lipinski definition) is 4. The number of benzene rings is 1. The van der Waals surface area contributed by atoms with Crippen molar-refractivity contribution in [2.75, 3.05) is 51.4 Å². The van der Waals surface area contributed by atoms with Gasteiger partial charge >= 0.3 is 5.97 Å². The van der Waals surface area contributed by atoms with E-state index in [4.69, 9.17) is 22.1 Å². The summed E-state index contributed by atoms with van der Waals surface area (Å²) in [5.74, 6) is 0.248. The molecule has 5 N–H and O–H groups in total. The van der Waals surface area contributed by atoms with Gasteiger partial charge in [0.1, 0.15) is 5.75 Å². The number of guanidine groups is 1. The number of piperidine rings is 1. The lowest BCUT2D eigenvalue weighted by Gasteiger charge is -2.39. The lowest BCUT2D eigenvalue weighted by molar-refractivity contribution is -0.143. The number of anilines is 2. The molecule has 0 atom stereocenters. The van der Waals surface area contributed by atoms with Crippen LogP contribution in [0.25, 0.3) is 0 Å². The van der Waals surface area contributed by atoms with Crippen LogP contribution in [0.2, 0.25) is 5.15 Å². The maximum atomic E-state index is 12.8. The average molecular weight is 559 g/mol. The number of esters is 1. The van der Waals surface area contributed by atoms with Crippen LogP contribution < -0.4 is 26.4 Å². The minimum absolute atomic E-state index is 0.00549. The van der Waals surface area contributed by atoms with Crippen LogP contribution in [-0.4, -0.2) is 84.5 Å². The van der Waals surface area contributed by atoms with Crippen LogP contribution in [0.3, 0.4) is 0 Å². The Morgan fingerprint density at radius 3 is 2.56 bits per heavy atom. The monoisotopic (exact) mass is 558 g/mol. The van der Waals surface area contributed by atoms with Gasteiger partial charge in [-0.15, -0.1) is 0 Å². The Kier molecular flexibility index (Phi) is 8.69. The predicted molar refractivity (Wildman–Crippen MR) is 145 cm³/mol. The van der Waals surface area contributed by atoms with Gasteiger partial charge in [0.05, 0.1) is 19.2 Å². The second-order valence-corrected chi connectivity index (χ2v) is 9.62. The number of carbonyl (C=O) groups is 3. The number of aromatic nitrogens is 2. The third kappa shape index (κ3) is 6.85. The quantitative estimate of drug-likeness (QED) is 0.342. The number of aryl methyl sites for hydroxylation is 1. The fraction of sp³-hybridized carbons (Fsp3) is 0.440. The van der Waals surface area contributed by atoms with Gasteiger partial charge in [0.2, 0.25) is 5.91 Å². The molecular formula is C25H31ClN8O5. The van der Waals surface area contributed by atoms with E-state index in [9.17, 15) is 14.4 Å². The van der Waals surface area contributed by atoms with Gasteiger partial charge in [-0.1, -0.05) is 23.7 Å². The van der Waals surface area contributed by atoms with Crippen molar-refractivity contribution < 1.29 is 23.9 Å². The maximum absolute atomic E-state index is 12.8. The second kappa shape index (κ2) is 12.2. The van der Waals surface area contributed by atoms with Gasteiger partial charge in [0.25, 0.3) is 5.91 Å². The number of aliphatic imine (C=N–C) groups is 1. The molecule has 0 radical (unpaired) electrons. The van der Waals surface area contributed by atoms with E-state index >= 15 is 0 Å². The van der Waals surface area contributed by atoms with Gasteiger partial charge in [0, 0.05) is 26.6 Å². The number of likely N-dealkylation sites (tertiary alicyclic amines) is 1. The van der Waals surface area contributed by atoms with Gasteiger partial charge in [-0.2, -0.15) is 0 Å². The third-order valence-electron chi connectivity index (χ3n) is 6.69. The zero-order valence-electron chi connectivity index (χ0n) is 21.8. The Balaban J connectivity index is 1.22. The van der Waals surface area contributed by atoms with E-state index < -0.39 is 11.9 Å². The summed E-state index contributed by atoms with van der Waals surface area (Å²) >= 11 is 5.94. The summed E-state index contributed by atoms with van der Waals surface area (Å²) in [5.41, 5.74) is 6.36. The highest BCUT2D eigenvalue weighted by atomic mass is 35.5. The summed E-state index contributed by atoms with van der Waals surface area (Å²) in [4.78, 5) is 51.2. The Hall–Kier alpha value is -4.13. The topological polar surface area (TPSA) is 173 Å². The zero-order chi connectivity index (χ0) is 28.0. The molecule has 2 aliphatic rings. The highest BCUT2D eigenvalue weighted by Crippen LogP contribution is 2.27. The lowest BCUT2D eigenvalue weighted by Crippen LogP contribution is -2.57. The average Bonchev–Trinajstić information content (AvgIpc) is 3.33. The molecule has 14 heteroatoms.